The van der Waals surface area contributed by atoms with Gasteiger partial charge in [0.25, 0.3) is 0 Å². The molecule has 0 aliphatic carbocycles. The van der Waals surface area contributed by atoms with Crippen LogP contribution >= 0.6 is 15.9 Å². The van der Waals surface area contributed by atoms with E-state index in [1.54, 1.807) is 6.07 Å². The highest BCUT2D eigenvalue weighted by Crippen LogP contribution is 2.33. The Morgan fingerprint density at radius 1 is 1.36 bits per heavy atom. The number of benzene rings is 1. The molecule has 4 nitrogen and oxygen atoms in total. The molecule has 0 saturated heterocycles. The van der Waals surface area contributed by atoms with Gasteiger partial charge in [0.1, 0.15) is 5.82 Å². The first kappa shape index (κ1) is 15.0. The lowest BCUT2D eigenvalue weighted by Gasteiger charge is -2.04. The first-order valence-corrected chi connectivity index (χ1v) is 7.79. The van der Waals surface area contributed by atoms with Crippen molar-refractivity contribution in [3.8, 4) is 11.3 Å². The zero-order chi connectivity index (χ0) is 15.7. The van der Waals surface area contributed by atoms with Gasteiger partial charge >= 0.3 is 0 Å². The molecule has 0 saturated carbocycles. The van der Waals surface area contributed by atoms with E-state index in [0.29, 0.717) is 16.7 Å². The lowest BCUT2D eigenvalue weighted by atomic mass is 10.0. The Morgan fingerprint density at radius 2 is 2.18 bits per heavy atom. The van der Waals surface area contributed by atoms with Crippen molar-refractivity contribution in [2.24, 2.45) is 0 Å². The van der Waals surface area contributed by atoms with Gasteiger partial charge in [-0.3, -0.25) is 4.68 Å². The number of hydrogen-bond donors (Lipinski definition) is 0. The predicted molar refractivity (Wildman–Crippen MR) is 85.0 cm³/mol. The zero-order valence-corrected chi connectivity index (χ0v) is 13.9. The Labute approximate surface area is 136 Å². The highest BCUT2D eigenvalue weighted by atomic mass is 79.9. The second kappa shape index (κ2) is 6.04. The Bertz CT molecular complexity index is 810. The van der Waals surface area contributed by atoms with Gasteiger partial charge in [-0.15, -0.1) is 0 Å². The van der Waals surface area contributed by atoms with Crippen LogP contribution < -0.4 is 0 Å². The van der Waals surface area contributed by atoms with Crippen molar-refractivity contribution in [3.05, 3.63) is 57.7 Å². The van der Waals surface area contributed by atoms with Crippen molar-refractivity contribution in [2.45, 2.75) is 26.8 Å². The molecule has 0 radical (unpaired) electrons. The standard InChI is InChI=1S/C16H15BrFN3O/c1-3-21-9-11(8-19-21)6-14-10(2)20-22-16(14)13-5-4-12(18)7-15(13)17/h4-5,7-9H,3,6H2,1-2H3. The molecule has 0 aliphatic rings. The molecule has 6 heteroatoms. The number of hydrogen-bond acceptors (Lipinski definition) is 3. The van der Waals surface area contributed by atoms with Gasteiger partial charge < -0.3 is 4.52 Å². The minimum absolute atomic E-state index is 0.294. The van der Waals surface area contributed by atoms with Gasteiger partial charge in [-0.25, -0.2) is 4.39 Å². The van der Waals surface area contributed by atoms with E-state index in [1.807, 2.05) is 30.9 Å². The van der Waals surface area contributed by atoms with E-state index in [-0.39, 0.29) is 5.82 Å². The number of aryl methyl sites for hydroxylation is 2. The van der Waals surface area contributed by atoms with Gasteiger partial charge in [0, 0.05) is 34.8 Å². The molecule has 0 atom stereocenters. The zero-order valence-electron chi connectivity index (χ0n) is 12.3. The molecule has 0 bridgehead atoms. The summed E-state index contributed by atoms with van der Waals surface area (Å²) in [6, 6.07) is 4.53. The van der Waals surface area contributed by atoms with Crippen molar-refractivity contribution in [1.29, 1.82) is 0 Å². The molecule has 0 spiro atoms. The average molecular weight is 364 g/mol. The summed E-state index contributed by atoms with van der Waals surface area (Å²) in [6.07, 6.45) is 4.53. The molecule has 3 aromatic rings. The van der Waals surface area contributed by atoms with Gasteiger partial charge in [0.05, 0.1) is 11.9 Å². The van der Waals surface area contributed by atoms with Crippen LogP contribution in [0.4, 0.5) is 4.39 Å². The maximum Gasteiger partial charge on any atom is 0.171 e. The van der Waals surface area contributed by atoms with Crippen LogP contribution in [0.25, 0.3) is 11.3 Å². The van der Waals surface area contributed by atoms with Crippen LogP contribution in [0.5, 0.6) is 0 Å². The largest absolute Gasteiger partial charge is 0.356 e. The molecular weight excluding hydrogens is 349 g/mol. The van der Waals surface area contributed by atoms with Crippen molar-refractivity contribution in [3.63, 3.8) is 0 Å². The third kappa shape index (κ3) is 2.83. The van der Waals surface area contributed by atoms with E-state index in [2.05, 4.69) is 26.2 Å². The first-order valence-electron chi connectivity index (χ1n) is 7.00. The highest BCUT2D eigenvalue weighted by molar-refractivity contribution is 9.10. The Morgan fingerprint density at radius 3 is 2.86 bits per heavy atom. The van der Waals surface area contributed by atoms with Crippen LogP contribution in [-0.4, -0.2) is 14.9 Å². The molecule has 2 heterocycles. The van der Waals surface area contributed by atoms with Crippen LogP contribution in [0.15, 0.2) is 39.6 Å². The summed E-state index contributed by atoms with van der Waals surface area (Å²) in [4.78, 5) is 0. The van der Waals surface area contributed by atoms with E-state index >= 15 is 0 Å². The SMILES string of the molecule is CCn1cc(Cc2c(C)noc2-c2ccc(F)cc2Br)cn1. The predicted octanol–water partition coefficient (Wildman–Crippen LogP) is 4.36. The van der Waals surface area contributed by atoms with E-state index in [0.717, 1.165) is 28.9 Å². The van der Waals surface area contributed by atoms with E-state index < -0.39 is 0 Å². The summed E-state index contributed by atoms with van der Waals surface area (Å²) in [7, 11) is 0. The maximum absolute atomic E-state index is 13.3. The molecule has 0 N–H and O–H groups in total. The molecule has 114 valence electrons. The summed E-state index contributed by atoms with van der Waals surface area (Å²) in [5.41, 5.74) is 3.70. The monoisotopic (exact) mass is 363 g/mol. The lowest BCUT2D eigenvalue weighted by molar-refractivity contribution is 0.426. The van der Waals surface area contributed by atoms with Crippen molar-refractivity contribution >= 4 is 15.9 Å². The van der Waals surface area contributed by atoms with Gasteiger partial charge in [0.15, 0.2) is 5.76 Å². The molecule has 0 amide bonds. The summed E-state index contributed by atoms with van der Waals surface area (Å²) < 4.78 is 21.3. The van der Waals surface area contributed by atoms with Crippen LogP contribution in [0.3, 0.4) is 0 Å². The van der Waals surface area contributed by atoms with Crippen LogP contribution in [0, 0.1) is 12.7 Å². The summed E-state index contributed by atoms with van der Waals surface area (Å²) >= 11 is 3.38. The van der Waals surface area contributed by atoms with Crippen molar-refractivity contribution < 1.29 is 8.91 Å². The van der Waals surface area contributed by atoms with Crippen LogP contribution in [0.2, 0.25) is 0 Å². The third-order valence-corrected chi connectivity index (χ3v) is 4.21. The van der Waals surface area contributed by atoms with E-state index in [9.17, 15) is 4.39 Å². The number of aromatic nitrogens is 3. The van der Waals surface area contributed by atoms with Gasteiger partial charge in [0.2, 0.25) is 0 Å². The molecular formula is C16H15BrFN3O. The molecule has 0 unspecified atom stereocenters. The van der Waals surface area contributed by atoms with Gasteiger partial charge in [-0.05, 0) is 53.5 Å². The molecule has 0 aliphatic heterocycles. The van der Waals surface area contributed by atoms with E-state index in [1.165, 1.54) is 12.1 Å². The van der Waals surface area contributed by atoms with E-state index in [4.69, 9.17) is 4.52 Å². The first-order chi connectivity index (χ1) is 10.6. The normalized spacial score (nSPS) is 11.1. The fourth-order valence-corrected chi connectivity index (χ4v) is 2.89. The van der Waals surface area contributed by atoms with Crippen molar-refractivity contribution in [2.75, 3.05) is 0 Å². The Hall–Kier alpha value is -1.95. The maximum atomic E-state index is 13.3. The number of halogens is 2. The summed E-state index contributed by atoms with van der Waals surface area (Å²) in [5, 5.41) is 8.35. The van der Waals surface area contributed by atoms with Crippen molar-refractivity contribution in [1.82, 2.24) is 14.9 Å². The van der Waals surface area contributed by atoms with Gasteiger partial charge in [-0.1, -0.05) is 5.16 Å². The Balaban J connectivity index is 2.00. The third-order valence-electron chi connectivity index (χ3n) is 3.55. The summed E-state index contributed by atoms with van der Waals surface area (Å²) in [6.45, 7) is 4.78. The molecule has 1 aromatic carbocycles. The fraction of sp³-hybridized carbons (Fsp3) is 0.250. The number of rotatable bonds is 4. The summed E-state index contributed by atoms with van der Waals surface area (Å²) in [5.74, 6) is 0.367. The molecule has 3 rings (SSSR count). The quantitative estimate of drug-likeness (QED) is 0.691. The smallest absolute Gasteiger partial charge is 0.171 e. The minimum Gasteiger partial charge on any atom is -0.356 e. The number of nitrogens with zero attached hydrogens (tertiary/aromatic N) is 3. The Kier molecular flexibility index (Phi) is 4.11. The molecule has 2 aromatic heterocycles. The molecule has 22 heavy (non-hydrogen) atoms. The lowest BCUT2D eigenvalue weighted by Crippen LogP contribution is -1.93. The molecule has 0 fully saturated rings. The average Bonchev–Trinajstić information content (AvgIpc) is 3.08. The van der Waals surface area contributed by atoms with Crippen LogP contribution in [-0.2, 0) is 13.0 Å². The topological polar surface area (TPSA) is 43.9 Å². The fourth-order valence-electron chi connectivity index (χ4n) is 2.36. The van der Waals surface area contributed by atoms with Gasteiger partial charge in [-0.2, -0.15) is 5.10 Å². The highest BCUT2D eigenvalue weighted by Gasteiger charge is 2.18. The minimum atomic E-state index is -0.294. The second-order valence-electron chi connectivity index (χ2n) is 5.08. The second-order valence-corrected chi connectivity index (χ2v) is 5.94. The van der Waals surface area contributed by atoms with Crippen LogP contribution in [0.1, 0.15) is 23.7 Å².